The van der Waals surface area contributed by atoms with Gasteiger partial charge in [0.25, 0.3) is 0 Å². The zero-order valence-corrected chi connectivity index (χ0v) is 20.9. The van der Waals surface area contributed by atoms with Gasteiger partial charge in [0.1, 0.15) is 17.8 Å². The number of ether oxygens (including phenoxy) is 2. The van der Waals surface area contributed by atoms with Crippen molar-refractivity contribution in [3.05, 3.63) is 72.1 Å². The maximum atomic E-state index is 13.1. The molecular formula is C27H25F3N4O5. The molecule has 4 rings (SSSR count). The lowest BCUT2D eigenvalue weighted by molar-refractivity contribution is -0.167. The molecule has 0 bridgehead atoms. The van der Waals surface area contributed by atoms with Gasteiger partial charge in [0.05, 0.1) is 12.5 Å². The summed E-state index contributed by atoms with van der Waals surface area (Å²) < 4.78 is 50.3. The first-order chi connectivity index (χ1) is 18.7. The van der Waals surface area contributed by atoms with Gasteiger partial charge in [-0.3, -0.25) is 14.4 Å². The lowest BCUT2D eigenvalue weighted by atomic mass is 9.97. The highest BCUT2D eigenvalue weighted by Gasteiger charge is 2.40. The summed E-state index contributed by atoms with van der Waals surface area (Å²) >= 11 is 0. The molecule has 0 aliphatic carbocycles. The molecule has 39 heavy (non-hydrogen) atoms. The highest BCUT2D eigenvalue weighted by Crippen LogP contribution is 2.37. The third-order valence-corrected chi connectivity index (χ3v) is 6.07. The zero-order valence-electron chi connectivity index (χ0n) is 20.9. The summed E-state index contributed by atoms with van der Waals surface area (Å²) in [6, 6.07) is 14.6. The average molecular weight is 543 g/mol. The number of alkyl halides is 3. The molecule has 0 radical (unpaired) electrons. The van der Waals surface area contributed by atoms with Crippen molar-refractivity contribution in [3.63, 3.8) is 0 Å². The van der Waals surface area contributed by atoms with Crippen molar-refractivity contribution >= 4 is 29.2 Å². The Labute approximate surface area is 222 Å². The molecule has 1 aromatic heterocycles. The van der Waals surface area contributed by atoms with Gasteiger partial charge >= 0.3 is 18.1 Å². The van der Waals surface area contributed by atoms with E-state index in [2.05, 4.69) is 9.97 Å². The minimum atomic E-state index is -5.17. The van der Waals surface area contributed by atoms with Gasteiger partial charge in [-0.05, 0) is 44.0 Å². The highest BCUT2D eigenvalue weighted by molar-refractivity contribution is 6.09. The van der Waals surface area contributed by atoms with Gasteiger partial charge in [0.2, 0.25) is 5.88 Å². The number of hydrogen-bond donors (Lipinski definition) is 1. The highest BCUT2D eigenvalue weighted by atomic mass is 19.4. The number of piperidine rings is 1. The fourth-order valence-electron chi connectivity index (χ4n) is 4.10. The molecule has 204 valence electrons. The maximum Gasteiger partial charge on any atom is 0.471 e. The van der Waals surface area contributed by atoms with Gasteiger partial charge < -0.3 is 19.7 Å². The Balaban J connectivity index is 1.58. The van der Waals surface area contributed by atoms with E-state index in [-0.39, 0.29) is 60.5 Å². The number of rotatable bonds is 8. The number of benzene rings is 2. The van der Waals surface area contributed by atoms with Gasteiger partial charge in [-0.15, -0.1) is 0 Å². The number of nitrogens with one attached hydrogen (secondary N) is 1. The summed E-state index contributed by atoms with van der Waals surface area (Å²) in [5.74, 6) is -3.21. The third kappa shape index (κ3) is 6.70. The molecule has 3 aromatic rings. The van der Waals surface area contributed by atoms with Crippen LogP contribution in [0.15, 0.2) is 60.9 Å². The van der Waals surface area contributed by atoms with E-state index in [4.69, 9.17) is 9.47 Å². The van der Waals surface area contributed by atoms with E-state index in [1.54, 1.807) is 42.2 Å². The van der Waals surface area contributed by atoms with Crippen LogP contribution in [0.5, 0.6) is 11.6 Å². The molecule has 1 saturated heterocycles. The molecule has 0 saturated carbocycles. The number of halogens is 3. The number of ketones is 1. The molecule has 0 spiro atoms. The van der Waals surface area contributed by atoms with E-state index in [0.29, 0.717) is 24.0 Å². The molecule has 1 amide bonds. The van der Waals surface area contributed by atoms with Gasteiger partial charge in [-0.1, -0.05) is 30.3 Å². The molecule has 0 atom stereocenters. The first kappa shape index (κ1) is 27.6. The van der Waals surface area contributed by atoms with Crippen LogP contribution in [0.4, 0.5) is 24.7 Å². The maximum absolute atomic E-state index is 13.1. The molecule has 2 heterocycles. The monoisotopic (exact) mass is 542 g/mol. The number of esters is 1. The van der Waals surface area contributed by atoms with Crippen molar-refractivity contribution < 1.29 is 37.0 Å². The molecule has 9 nitrogen and oxygen atoms in total. The molecule has 1 aliphatic heterocycles. The zero-order chi connectivity index (χ0) is 28.0. The Morgan fingerprint density at radius 2 is 1.62 bits per heavy atom. The number of carbonyl (C=O) groups excluding carboxylic acids is 3. The minimum Gasteiger partial charge on any atom is -0.466 e. The van der Waals surface area contributed by atoms with Crippen LogP contribution < -0.4 is 15.0 Å². The average Bonchev–Trinajstić information content (AvgIpc) is 2.94. The predicted molar refractivity (Wildman–Crippen MR) is 135 cm³/mol. The summed E-state index contributed by atoms with van der Waals surface area (Å²) in [5, 5.41) is 1.84. The Bertz CT molecular complexity index is 1330. The summed E-state index contributed by atoms with van der Waals surface area (Å²) in [6.45, 7) is 2.52. The molecule has 1 aliphatic rings. The minimum absolute atomic E-state index is 0.0239. The van der Waals surface area contributed by atoms with Crippen LogP contribution in [0, 0.1) is 5.92 Å². The van der Waals surface area contributed by atoms with E-state index in [9.17, 15) is 27.6 Å². The third-order valence-electron chi connectivity index (χ3n) is 6.07. The number of carbonyl (C=O) groups is 3. The second-order valence-corrected chi connectivity index (χ2v) is 8.66. The first-order valence-electron chi connectivity index (χ1n) is 12.2. The van der Waals surface area contributed by atoms with Crippen molar-refractivity contribution in [2.75, 3.05) is 29.9 Å². The number of amides is 1. The van der Waals surface area contributed by atoms with Crippen molar-refractivity contribution in [3.8, 4) is 11.6 Å². The van der Waals surface area contributed by atoms with Crippen LogP contribution >= 0.6 is 0 Å². The summed E-state index contributed by atoms with van der Waals surface area (Å²) in [5.41, 5.74) is 0.515. The fraction of sp³-hybridized carbons (Fsp3) is 0.296. The second kappa shape index (κ2) is 11.9. The standard InChI is InChI=1S/C27H25F3N4O5/c1-2-38-25(36)19-12-14-34(15-13-19)23-21(33-26(37)27(28,29)30)24(32-16-31-23)39-20-10-8-18(9-11-20)22(35)17-6-4-3-5-7-17/h3-11,16,19H,2,12-15H2,1H3,(H,33,37). The number of hydrogen-bond acceptors (Lipinski definition) is 8. The van der Waals surface area contributed by atoms with Gasteiger partial charge in [-0.2, -0.15) is 18.2 Å². The van der Waals surface area contributed by atoms with Gasteiger partial charge in [-0.25, -0.2) is 4.98 Å². The van der Waals surface area contributed by atoms with Gasteiger partial charge in [0.15, 0.2) is 11.6 Å². The van der Waals surface area contributed by atoms with E-state index in [1.807, 2.05) is 5.32 Å². The SMILES string of the molecule is CCOC(=O)C1CCN(c2ncnc(Oc3ccc(C(=O)c4ccccc4)cc3)c2NC(=O)C(F)(F)F)CC1. The van der Waals surface area contributed by atoms with Crippen LogP contribution in [-0.4, -0.2) is 53.5 Å². The van der Waals surface area contributed by atoms with Crippen molar-refractivity contribution in [2.24, 2.45) is 5.92 Å². The Morgan fingerprint density at radius 1 is 0.974 bits per heavy atom. The second-order valence-electron chi connectivity index (χ2n) is 8.66. The quantitative estimate of drug-likeness (QED) is 0.320. The van der Waals surface area contributed by atoms with Crippen LogP contribution in [0.25, 0.3) is 0 Å². The molecular weight excluding hydrogens is 517 g/mol. The Kier molecular flexibility index (Phi) is 8.43. The van der Waals surface area contributed by atoms with Crippen LogP contribution in [-0.2, 0) is 14.3 Å². The number of aromatic nitrogens is 2. The fourth-order valence-corrected chi connectivity index (χ4v) is 4.10. The number of anilines is 2. The van der Waals surface area contributed by atoms with Crippen molar-refractivity contribution in [1.29, 1.82) is 0 Å². The molecule has 1 N–H and O–H groups in total. The van der Waals surface area contributed by atoms with Crippen molar-refractivity contribution in [2.45, 2.75) is 25.9 Å². The Morgan fingerprint density at radius 3 is 2.23 bits per heavy atom. The first-order valence-corrected chi connectivity index (χ1v) is 12.2. The summed E-state index contributed by atoms with van der Waals surface area (Å²) in [7, 11) is 0. The lowest BCUT2D eigenvalue weighted by Gasteiger charge is -2.32. The number of nitrogens with zero attached hydrogens (tertiary/aromatic N) is 3. The Hall–Kier alpha value is -4.48. The largest absolute Gasteiger partial charge is 0.471 e. The van der Waals surface area contributed by atoms with Crippen LogP contribution in [0.2, 0.25) is 0 Å². The van der Waals surface area contributed by atoms with E-state index in [0.717, 1.165) is 6.33 Å². The van der Waals surface area contributed by atoms with Crippen LogP contribution in [0.3, 0.4) is 0 Å². The van der Waals surface area contributed by atoms with E-state index < -0.39 is 12.1 Å². The van der Waals surface area contributed by atoms with E-state index in [1.165, 1.54) is 24.3 Å². The van der Waals surface area contributed by atoms with Gasteiger partial charge in [0, 0.05) is 24.2 Å². The smallest absolute Gasteiger partial charge is 0.466 e. The molecule has 1 fully saturated rings. The topological polar surface area (TPSA) is 111 Å². The summed E-state index contributed by atoms with van der Waals surface area (Å²) in [4.78, 5) is 46.3. The van der Waals surface area contributed by atoms with E-state index >= 15 is 0 Å². The molecule has 0 unspecified atom stereocenters. The molecule has 12 heteroatoms. The molecule has 2 aromatic carbocycles. The predicted octanol–water partition coefficient (Wildman–Crippen LogP) is 4.78. The van der Waals surface area contributed by atoms with Crippen LogP contribution in [0.1, 0.15) is 35.7 Å². The van der Waals surface area contributed by atoms with Crippen molar-refractivity contribution in [1.82, 2.24) is 9.97 Å². The normalized spacial score (nSPS) is 14.0. The summed E-state index contributed by atoms with van der Waals surface area (Å²) in [6.07, 6.45) is -3.27. The lowest BCUT2D eigenvalue weighted by Crippen LogP contribution is -2.38.